The summed E-state index contributed by atoms with van der Waals surface area (Å²) in [7, 11) is 0. The summed E-state index contributed by atoms with van der Waals surface area (Å²) in [6, 6.07) is 7.77. The van der Waals surface area contributed by atoms with Crippen molar-refractivity contribution in [1.82, 2.24) is 14.9 Å². The fourth-order valence-corrected chi connectivity index (χ4v) is 4.48. The van der Waals surface area contributed by atoms with Crippen LogP contribution in [0.5, 0.6) is 0 Å². The molecule has 1 fully saturated rings. The van der Waals surface area contributed by atoms with E-state index in [4.69, 9.17) is 0 Å². The highest BCUT2D eigenvalue weighted by atomic mass is 32.1. The monoisotopic (exact) mass is 413 g/mol. The van der Waals surface area contributed by atoms with Gasteiger partial charge in [-0.25, -0.2) is 19.2 Å². The fraction of sp³-hybridized carbons (Fsp3) is 0.381. The number of halogens is 1. The smallest absolute Gasteiger partial charge is 0.321 e. The highest BCUT2D eigenvalue weighted by Gasteiger charge is 2.25. The van der Waals surface area contributed by atoms with Gasteiger partial charge >= 0.3 is 6.03 Å². The molecule has 8 heteroatoms. The van der Waals surface area contributed by atoms with Crippen molar-refractivity contribution < 1.29 is 9.18 Å². The molecule has 2 aromatic heterocycles. The molecular weight excluding hydrogens is 389 g/mol. The lowest BCUT2D eigenvalue weighted by Crippen LogP contribution is -2.50. The van der Waals surface area contributed by atoms with Gasteiger partial charge in [-0.05, 0) is 35.7 Å². The second kappa shape index (κ2) is 7.59. The van der Waals surface area contributed by atoms with E-state index in [1.54, 1.807) is 34.7 Å². The van der Waals surface area contributed by atoms with Crippen LogP contribution in [-0.4, -0.2) is 47.1 Å². The first-order valence-corrected chi connectivity index (χ1v) is 10.4. The number of fused-ring (bicyclic) bond motifs is 1. The third-order valence-electron chi connectivity index (χ3n) is 4.99. The molecule has 152 valence electrons. The number of urea groups is 1. The third kappa shape index (κ3) is 4.17. The summed E-state index contributed by atoms with van der Waals surface area (Å²) in [4.78, 5) is 26.8. The highest BCUT2D eigenvalue weighted by molar-refractivity contribution is 7.19. The van der Waals surface area contributed by atoms with Crippen molar-refractivity contribution in [1.29, 1.82) is 0 Å². The SMILES string of the molecule is CC(C)(C)c1cc2ncnc(N3CCN(C(=O)Nc4ccc(F)cc4)CC3)c2s1. The third-order valence-corrected chi connectivity index (χ3v) is 6.54. The van der Waals surface area contributed by atoms with Crippen LogP contribution in [0.25, 0.3) is 10.2 Å². The molecule has 4 rings (SSSR count). The normalized spacial score (nSPS) is 15.0. The van der Waals surface area contributed by atoms with Crippen LogP contribution in [0.2, 0.25) is 0 Å². The Morgan fingerprint density at radius 2 is 1.79 bits per heavy atom. The molecule has 29 heavy (non-hydrogen) atoms. The molecule has 1 saturated heterocycles. The minimum Gasteiger partial charge on any atom is -0.352 e. The number of carbonyl (C=O) groups excluding carboxylic acids is 1. The van der Waals surface area contributed by atoms with E-state index >= 15 is 0 Å². The summed E-state index contributed by atoms with van der Waals surface area (Å²) >= 11 is 1.74. The van der Waals surface area contributed by atoms with E-state index in [-0.39, 0.29) is 17.3 Å². The molecule has 0 bridgehead atoms. The van der Waals surface area contributed by atoms with Crippen LogP contribution >= 0.6 is 11.3 Å². The van der Waals surface area contributed by atoms with Gasteiger partial charge in [0.15, 0.2) is 0 Å². The number of hydrogen-bond acceptors (Lipinski definition) is 5. The van der Waals surface area contributed by atoms with Crippen LogP contribution in [0.4, 0.5) is 20.7 Å². The Bertz CT molecular complexity index is 1020. The van der Waals surface area contributed by atoms with Gasteiger partial charge in [0.1, 0.15) is 18.0 Å². The van der Waals surface area contributed by atoms with Crippen molar-refractivity contribution in [3.63, 3.8) is 0 Å². The average molecular weight is 414 g/mol. The molecule has 1 aliphatic heterocycles. The van der Waals surface area contributed by atoms with Gasteiger partial charge in [-0.2, -0.15) is 0 Å². The Morgan fingerprint density at radius 3 is 2.45 bits per heavy atom. The maximum atomic E-state index is 13.0. The van der Waals surface area contributed by atoms with Gasteiger partial charge in [0.2, 0.25) is 0 Å². The number of rotatable bonds is 2. The number of amides is 2. The lowest BCUT2D eigenvalue weighted by atomic mass is 9.95. The van der Waals surface area contributed by atoms with E-state index in [2.05, 4.69) is 47.0 Å². The molecule has 0 radical (unpaired) electrons. The Morgan fingerprint density at radius 1 is 1.10 bits per heavy atom. The predicted octanol–water partition coefficient (Wildman–Crippen LogP) is 4.48. The molecule has 0 aliphatic carbocycles. The number of hydrogen-bond donors (Lipinski definition) is 1. The standard InChI is InChI=1S/C21H24FN5OS/c1-21(2,3)17-12-16-18(29-17)19(24-13-23-16)26-8-10-27(11-9-26)20(28)25-15-6-4-14(22)5-7-15/h4-7,12-13H,8-11H2,1-3H3,(H,25,28). The van der Waals surface area contributed by atoms with Crippen LogP contribution in [0.1, 0.15) is 25.6 Å². The average Bonchev–Trinajstić information content (AvgIpc) is 3.15. The molecular formula is C21H24FN5OS. The molecule has 2 amide bonds. The van der Waals surface area contributed by atoms with E-state index in [1.165, 1.54) is 17.0 Å². The molecule has 0 spiro atoms. The molecule has 6 nitrogen and oxygen atoms in total. The van der Waals surface area contributed by atoms with Crippen molar-refractivity contribution in [2.45, 2.75) is 26.2 Å². The van der Waals surface area contributed by atoms with E-state index in [9.17, 15) is 9.18 Å². The Kier molecular flexibility index (Phi) is 5.12. The first-order valence-electron chi connectivity index (χ1n) is 9.63. The molecule has 0 unspecified atom stereocenters. The second-order valence-electron chi connectivity index (χ2n) is 8.18. The molecule has 1 aromatic carbocycles. The number of thiophene rings is 1. The zero-order chi connectivity index (χ0) is 20.6. The van der Waals surface area contributed by atoms with Gasteiger partial charge < -0.3 is 15.1 Å². The van der Waals surface area contributed by atoms with Crippen LogP contribution in [0, 0.1) is 5.82 Å². The van der Waals surface area contributed by atoms with Crippen molar-refractivity contribution in [2.75, 3.05) is 36.4 Å². The number of anilines is 2. The van der Waals surface area contributed by atoms with Crippen molar-refractivity contribution in [2.24, 2.45) is 0 Å². The number of benzene rings is 1. The van der Waals surface area contributed by atoms with E-state index in [0.29, 0.717) is 31.9 Å². The molecule has 3 aromatic rings. The van der Waals surface area contributed by atoms with Crippen molar-refractivity contribution >= 4 is 39.1 Å². The Labute approximate surface area is 173 Å². The fourth-order valence-electron chi connectivity index (χ4n) is 3.29. The number of aromatic nitrogens is 2. The number of piperazine rings is 1. The maximum absolute atomic E-state index is 13.0. The van der Waals surface area contributed by atoms with Crippen LogP contribution < -0.4 is 10.2 Å². The summed E-state index contributed by atoms with van der Waals surface area (Å²) in [5.74, 6) is 0.616. The maximum Gasteiger partial charge on any atom is 0.321 e. The minimum absolute atomic E-state index is 0.0692. The lowest BCUT2D eigenvalue weighted by Gasteiger charge is -2.35. The van der Waals surface area contributed by atoms with Crippen LogP contribution in [0.3, 0.4) is 0 Å². The number of nitrogens with zero attached hydrogens (tertiary/aromatic N) is 4. The topological polar surface area (TPSA) is 61.4 Å². The molecule has 3 heterocycles. The van der Waals surface area contributed by atoms with Gasteiger partial charge in [-0.15, -0.1) is 11.3 Å². The van der Waals surface area contributed by atoms with Gasteiger partial charge in [-0.3, -0.25) is 0 Å². The largest absolute Gasteiger partial charge is 0.352 e. The Hall–Kier alpha value is -2.74. The van der Waals surface area contributed by atoms with Crippen molar-refractivity contribution in [3.05, 3.63) is 47.4 Å². The Balaban J connectivity index is 1.45. The molecule has 0 atom stereocenters. The number of nitrogens with one attached hydrogen (secondary N) is 1. The van der Waals surface area contributed by atoms with Crippen LogP contribution in [0.15, 0.2) is 36.7 Å². The van der Waals surface area contributed by atoms with E-state index in [1.807, 2.05) is 0 Å². The summed E-state index contributed by atoms with van der Waals surface area (Å²) in [5, 5.41) is 2.82. The van der Waals surface area contributed by atoms with Gasteiger partial charge in [0.25, 0.3) is 0 Å². The predicted molar refractivity (Wildman–Crippen MR) is 115 cm³/mol. The first kappa shape index (κ1) is 19.6. The first-order chi connectivity index (χ1) is 13.8. The molecule has 1 aliphatic rings. The zero-order valence-electron chi connectivity index (χ0n) is 16.8. The zero-order valence-corrected chi connectivity index (χ0v) is 17.6. The number of carbonyl (C=O) groups is 1. The molecule has 0 saturated carbocycles. The molecule has 1 N–H and O–H groups in total. The highest BCUT2D eigenvalue weighted by Crippen LogP contribution is 2.37. The lowest BCUT2D eigenvalue weighted by molar-refractivity contribution is 0.208. The quantitative estimate of drug-likeness (QED) is 0.673. The van der Waals surface area contributed by atoms with E-state index < -0.39 is 0 Å². The van der Waals surface area contributed by atoms with Gasteiger partial charge in [0, 0.05) is 36.7 Å². The van der Waals surface area contributed by atoms with Crippen molar-refractivity contribution in [3.8, 4) is 0 Å². The van der Waals surface area contributed by atoms with Gasteiger partial charge in [0.05, 0.1) is 10.2 Å². The summed E-state index contributed by atoms with van der Waals surface area (Å²) in [6.45, 7) is 9.18. The summed E-state index contributed by atoms with van der Waals surface area (Å²) < 4.78 is 14.1. The van der Waals surface area contributed by atoms with Crippen LogP contribution in [-0.2, 0) is 5.41 Å². The van der Waals surface area contributed by atoms with E-state index in [0.717, 1.165) is 16.0 Å². The summed E-state index contributed by atoms with van der Waals surface area (Å²) in [6.07, 6.45) is 1.62. The minimum atomic E-state index is -0.323. The second-order valence-corrected chi connectivity index (χ2v) is 9.24. The van der Waals surface area contributed by atoms with Gasteiger partial charge in [-0.1, -0.05) is 20.8 Å². The summed E-state index contributed by atoms with van der Waals surface area (Å²) in [5.41, 5.74) is 1.63.